The van der Waals surface area contributed by atoms with Gasteiger partial charge in [0.2, 0.25) is 10.0 Å². The molecule has 132 valence electrons. The van der Waals surface area contributed by atoms with Crippen LogP contribution in [-0.2, 0) is 10.0 Å². The predicted molar refractivity (Wildman–Crippen MR) is 101 cm³/mol. The first kappa shape index (κ1) is 17.8. The Morgan fingerprint density at radius 1 is 0.960 bits per heavy atom. The Balaban J connectivity index is 1.65. The van der Waals surface area contributed by atoms with Gasteiger partial charge in [-0.05, 0) is 48.9 Å². The van der Waals surface area contributed by atoms with E-state index in [-0.39, 0.29) is 5.75 Å². The van der Waals surface area contributed by atoms with Crippen molar-refractivity contribution >= 4 is 56.3 Å². The molecule has 2 aromatic carbocycles. The molecule has 0 spiro atoms. The predicted octanol–water partition coefficient (Wildman–Crippen LogP) is 4.18. The molecule has 2 amide bonds. The molecule has 1 fully saturated rings. The molecule has 0 aromatic heterocycles. The minimum absolute atomic E-state index is 0.166. The second kappa shape index (κ2) is 7.11. The number of hydrogen-bond donors (Lipinski definition) is 2. The molecule has 0 saturated carbocycles. The lowest BCUT2D eigenvalue weighted by Crippen LogP contribution is -2.25. The highest BCUT2D eigenvalue weighted by molar-refractivity contribution is 7.93. The minimum Gasteiger partial charge on any atom is -0.308 e. The van der Waals surface area contributed by atoms with E-state index in [2.05, 4.69) is 10.6 Å². The summed E-state index contributed by atoms with van der Waals surface area (Å²) in [5.41, 5.74) is 1.64. The summed E-state index contributed by atoms with van der Waals surface area (Å²) in [6.07, 6.45) is 0.619. The summed E-state index contributed by atoms with van der Waals surface area (Å²) >= 11 is 11.7. The Bertz CT molecular complexity index is 901. The highest BCUT2D eigenvalue weighted by atomic mass is 35.5. The van der Waals surface area contributed by atoms with Crippen LogP contribution in [0.3, 0.4) is 0 Å². The van der Waals surface area contributed by atoms with E-state index in [0.29, 0.717) is 40.1 Å². The number of carbonyl (C=O) groups is 1. The van der Waals surface area contributed by atoms with Crippen LogP contribution in [0.25, 0.3) is 0 Å². The molecule has 2 aromatic rings. The molecular formula is C16H15Cl2N3O3S. The molecule has 3 rings (SSSR count). The zero-order chi connectivity index (χ0) is 18.0. The number of anilines is 3. The molecule has 0 radical (unpaired) electrons. The molecule has 0 bridgehead atoms. The number of rotatable bonds is 3. The Labute approximate surface area is 155 Å². The van der Waals surface area contributed by atoms with Gasteiger partial charge in [0.1, 0.15) is 0 Å². The van der Waals surface area contributed by atoms with Gasteiger partial charge in [0, 0.05) is 17.9 Å². The lowest BCUT2D eigenvalue weighted by molar-refractivity contribution is 0.262. The second-order valence-electron chi connectivity index (χ2n) is 5.50. The van der Waals surface area contributed by atoms with Crippen molar-refractivity contribution in [2.24, 2.45) is 0 Å². The highest BCUT2D eigenvalue weighted by Crippen LogP contribution is 2.26. The maximum Gasteiger partial charge on any atom is 0.323 e. The molecule has 0 aliphatic carbocycles. The first-order chi connectivity index (χ1) is 11.8. The average Bonchev–Trinajstić information content (AvgIpc) is 2.91. The molecule has 1 aliphatic heterocycles. The van der Waals surface area contributed by atoms with E-state index < -0.39 is 16.1 Å². The van der Waals surface area contributed by atoms with Gasteiger partial charge in [0.15, 0.2) is 0 Å². The molecule has 0 atom stereocenters. The van der Waals surface area contributed by atoms with Gasteiger partial charge < -0.3 is 10.6 Å². The Morgan fingerprint density at radius 2 is 1.60 bits per heavy atom. The molecular weight excluding hydrogens is 385 g/mol. The van der Waals surface area contributed by atoms with Crippen molar-refractivity contribution in [1.82, 2.24) is 0 Å². The van der Waals surface area contributed by atoms with Gasteiger partial charge in [-0.3, -0.25) is 4.31 Å². The largest absolute Gasteiger partial charge is 0.323 e. The quantitative estimate of drug-likeness (QED) is 0.812. The standard InChI is InChI=1S/C16H15Cl2N3O3S/c17-14-7-4-12(10-15(14)18)20-16(22)19-11-2-5-13(6-3-11)21-8-1-9-25(21,23)24/h2-7,10H,1,8-9H2,(H2,19,20,22). The van der Waals surface area contributed by atoms with Crippen LogP contribution in [0.1, 0.15) is 6.42 Å². The van der Waals surface area contributed by atoms with Crippen LogP contribution in [0, 0.1) is 0 Å². The summed E-state index contributed by atoms with van der Waals surface area (Å²) in [5.74, 6) is 0.166. The number of sulfonamides is 1. The van der Waals surface area contributed by atoms with Crippen molar-refractivity contribution in [3.05, 3.63) is 52.5 Å². The van der Waals surface area contributed by atoms with Crippen LogP contribution < -0.4 is 14.9 Å². The number of amides is 2. The monoisotopic (exact) mass is 399 g/mol. The Hall–Kier alpha value is -1.96. The summed E-state index contributed by atoms with van der Waals surface area (Å²) in [5, 5.41) is 6.06. The van der Waals surface area contributed by atoms with Gasteiger partial charge in [-0.1, -0.05) is 23.2 Å². The van der Waals surface area contributed by atoms with Crippen molar-refractivity contribution in [1.29, 1.82) is 0 Å². The number of halogens is 2. The van der Waals surface area contributed by atoms with Crippen LogP contribution in [0.5, 0.6) is 0 Å². The van der Waals surface area contributed by atoms with Gasteiger partial charge in [0.05, 0.1) is 21.5 Å². The van der Waals surface area contributed by atoms with Crippen LogP contribution in [0.4, 0.5) is 21.9 Å². The van der Waals surface area contributed by atoms with E-state index in [1.165, 1.54) is 4.31 Å². The molecule has 1 aliphatic rings. The molecule has 9 heteroatoms. The minimum atomic E-state index is -3.21. The fourth-order valence-corrected chi connectivity index (χ4v) is 4.37. The molecule has 6 nitrogen and oxygen atoms in total. The van der Waals surface area contributed by atoms with Gasteiger partial charge in [-0.15, -0.1) is 0 Å². The fraction of sp³-hybridized carbons (Fsp3) is 0.188. The second-order valence-corrected chi connectivity index (χ2v) is 8.32. The zero-order valence-electron chi connectivity index (χ0n) is 13.0. The third-order valence-electron chi connectivity index (χ3n) is 3.69. The van der Waals surface area contributed by atoms with Gasteiger partial charge in [-0.25, -0.2) is 13.2 Å². The molecule has 0 unspecified atom stereocenters. The number of hydrogen-bond acceptors (Lipinski definition) is 3. The maximum atomic E-state index is 12.0. The highest BCUT2D eigenvalue weighted by Gasteiger charge is 2.28. The van der Waals surface area contributed by atoms with E-state index in [0.717, 1.165) is 0 Å². The van der Waals surface area contributed by atoms with Crippen LogP contribution >= 0.6 is 23.2 Å². The first-order valence-electron chi connectivity index (χ1n) is 7.49. The van der Waals surface area contributed by atoms with Crippen molar-refractivity contribution in [3.8, 4) is 0 Å². The van der Waals surface area contributed by atoms with Gasteiger partial charge in [0.25, 0.3) is 0 Å². The van der Waals surface area contributed by atoms with Crippen LogP contribution in [0.2, 0.25) is 10.0 Å². The number of benzene rings is 2. The summed E-state index contributed by atoms with van der Waals surface area (Å²) in [7, 11) is -3.21. The summed E-state index contributed by atoms with van der Waals surface area (Å²) in [6.45, 7) is 0.479. The maximum absolute atomic E-state index is 12.0. The van der Waals surface area contributed by atoms with Crippen molar-refractivity contribution in [2.45, 2.75) is 6.42 Å². The number of carbonyl (C=O) groups excluding carboxylic acids is 1. The number of nitrogens with one attached hydrogen (secondary N) is 2. The van der Waals surface area contributed by atoms with Crippen LogP contribution in [0.15, 0.2) is 42.5 Å². The third kappa shape index (κ3) is 4.18. The summed E-state index contributed by atoms with van der Waals surface area (Å²) < 4.78 is 25.2. The SMILES string of the molecule is O=C(Nc1ccc(N2CCCS2(=O)=O)cc1)Nc1ccc(Cl)c(Cl)c1. The summed E-state index contributed by atoms with van der Waals surface area (Å²) in [4.78, 5) is 12.0. The van der Waals surface area contributed by atoms with E-state index >= 15 is 0 Å². The summed E-state index contributed by atoms with van der Waals surface area (Å²) in [6, 6.07) is 11.0. The van der Waals surface area contributed by atoms with Crippen molar-refractivity contribution in [3.63, 3.8) is 0 Å². The van der Waals surface area contributed by atoms with Crippen molar-refractivity contribution in [2.75, 3.05) is 27.2 Å². The molecule has 1 heterocycles. The fourth-order valence-electron chi connectivity index (χ4n) is 2.51. The third-order valence-corrected chi connectivity index (χ3v) is 6.30. The van der Waals surface area contributed by atoms with Gasteiger partial charge in [-0.2, -0.15) is 0 Å². The smallest absolute Gasteiger partial charge is 0.308 e. The number of urea groups is 1. The Kier molecular flexibility index (Phi) is 5.08. The zero-order valence-corrected chi connectivity index (χ0v) is 15.3. The lowest BCUT2D eigenvalue weighted by atomic mass is 10.2. The Morgan fingerprint density at radius 3 is 2.20 bits per heavy atom. The van der Waals surface area contributed by atoms with E-state index in [1.54, 1.807) is 42.5 Å². The number of nitrogens with zero attached hydrogens (tertiary/aromatic N) is 1. The lowest BCUT2D eigenvalue weighted by Gasteiger charge is -2.17. The van der Waals surface area contributed by atoms with E-state index in [4.69, 9.17) is 23.2 Å². The molecule has 1 saturated heterocycles. The first-order valence-corrected chi connectivity index (χ1v) is 9.85. The van der Waals surface area contributed by atoms with E-state index in [1.807, 2.05) is 0 Å². The van der Waals surface area contributed by atoms with Crippen molar-refractivity contribution < 1.29 is 13.2 Å². The normalized spacial score (nSPS) is 15.8. The van der Waals surface area contributed by atoms with Crippen LogP contribution in [-0.4, -0.2) is 26.7 Å². The molecule has 2 N–H and O–H groups in total. The average molecular weight is 400 g/mol. The van der Waals surface area contributed by atoms with Gasteiger partial charge >= 0.3 is 6.03 Å². The topological polar surface area (TPSA) is 78.5 Å². The molecule has 25 heavy (non-hydrogen) atoms. The van der Waals surface area contributed by atoms with E-state index in [9.17, 15) is 13.2 Å².